The first-order chi connectivity index (χ1) is 19.8. The second-order valence-corrected chi connectivity index (χ2v) is 16.2. The normalized spacial score (nSPS) is 28.8. The van der Waals surface area contributed by atoms with Crippen LogP contribution in [-0.2, 0) is 46.7 Å². The molecule has 2 aliphatic heterocycles. The van der Waals surface area contributed by atoms with Crippen molar-refractivity contribution in [2.75, 3.05) is 6.61 Å². The first-order valence-corrected chi connectivity index (χ1v) is 18.8. The van der Waals surface area contributed by atoms with Gasteiger partial charge in [-0.1, -0.05) is 0 Å². The van der Waals surface area contributed by atoms with Crippen LogP contribution in [0.15, 0.2) is 91.0 Å². The minimum absolute atomic E-state index is 0.00476. The van der Waals surface area contributed by atoms with Crippen molar-refractivity contribution in [1.29, 1.82) is 0 Å². The Hall–Kier alpha value is -2.11. The molecule has 220 valence electrons. The predicted molar refractivity (Wildman–Crippen MR) is 156 cm³/mol. The fourth-order valence-corrected chi connectivity index (χ4v) is 11.8. The van der Waals surface area contributed by atoms with Gasteiger partial charge in [0.2, 0.25) is 0 Å². The maximum atomic E-state index is 11.6. The van der Waals surface area contributed by atoms with Crippen LogP contribution in [0.25, 0.3) is 0 Å². The van der Waals surface area contributed by atoms with Crippen LogP contribution in [0.1, 0.15) is 29.9 Å². The Balaban J connectivity index is 1.30. The molecule has 0 aliphatic carbocycles. The summed E-state index contributed by atoms with van der Waals surface area (Å²) in [5.74, 6) is 0.240. The molecule has 0 aromatic heterocycles. The molecule has 0 spiro atoms. The van der Waals surface area contributed by atoms with Gasteiger partial charge in [-0.3, -0.25) is 0 Å². The Kier molecular flexibility index (Phi) is 10.6. The molecular weight excluding hydrogens is 611 g/mol. The summed E-state index contributed by atoms with van der Waals surface area (Å²) in [6.07, 6.45) is -2.30. The summed E-state index contributed by atoms with van der Waals surface area (Å²) in [6.45, 7) is 3.20. The number of ether oxygens (including phenoxy) is 4. The molecule has 0 amide bonds. The van der Waals surface area contributed by atoms with Gasteiger partial charge in [0.1, 0.15) is 0 Å². The van der Waals surface area contributed by atoms with E-state index in [1.54, 1.807) is 0 Å². The van der Waals surface area contributed by atoms with E-state index in [9.17, 15) is 13.0 Å². The topological polar surface area (TPSA) is 101 Å². The van der Waals surface area contributed by atoms with Crippen LogP contribution < -0.4 is 0 Å². The van der Waals surface area contributed by atoms with Gasteiger partial charge >= 0.3 is 247 Å². The van der Waals surface area contributed by atoms with E-state index >= 15 is 0 Å². The van der Waals surface area contributed by atoms with Crippen molar-refractivity contribution in [2.45, 2.75) is 66.8 Å². The zero-order valence-corrected chi connectivity index (χ0v) is 25.5. The zero-order valence-electron chi connectivity index (χ0n) is 23.0. The van der Waals surface area contributed by atoms with Crippen LogP contribution in [0.3, 0.4) is 0 Å². The monoisotopic (exact) mass is 649 g/mol. The number of rotatable bonds is 11. The van der Waals surface area contributed by atoms with Gasteiger partial charge < -0.3 is 0 Å². The van der Waals surface area contributed by atoms with Crippen LogP contribution in [0.4, 0.5) is 0 Å². The molecule has 8 nitrogen and oxygen atoms in total. The summed E-state index contributed by atoms with van der Waals surface area (Å²) in [7, 11) is -4.67. The average Bonchev–Trinajstić information content (AvgIpc) is 2.97. The van der Waals surface area contributed by atoms with Crippen molar-refractivity contribution >= 4 is 24.3 Å². The third-order valence-corrected chi connectivity index (χ3v) is 13.2. The molecule has 3 unspecified atom stereocenters. The fraction of sp³-hybridized carbons (Fsp3) is 0.419. The second-order valence-electron chi connectivity index (χ2n) is 10.5. The van der Waals surface area contributed by atoms with Crippen LogP contribution in [0, 0.1) is 5.92 Å². The van der Waals surface area contributed by atoms with Crippen molar-refractivity contribution < 1.29 is 36.1 Å². The summed E-state index contributed by atoms with van der Waals surface area (Å²) >= 11 is -1.38. The van der Waals surface area contributed by atoms with E-state index in [0.29, 0.717) is 18.5 Å². The third kappa shape index (κ3) is 8.94. The Morgan fingerprint density at radius 3 is 2.02 bits per heavy atom. The number of hydrogen-bond donors (Lipinski definition) is 1. The average molecular weight is 649 g/mol. The molecule has 10 heteroatoms. The summed E-state index contributed by atoms with van der Waals surface area (Å²) in [4.78, 5) is 0. The first kappa shape index (κ1) is 30.4. The molecule has 0 radical (unpaired) electrons. The number of benzene rings is 3. The van der Waals surface area contributed by atoms with Crippen molar-refractivity contribution in [3.05, 3.63) is 108 Å². The van der Waals surface area contributed by atoms with E-state index in [-0.39, 0.29) is 24.7 Å². The Morgan fingerprint density at radius 1 is 0.829 bits per heavy atom. The van der Waals surface area contributed by atoms with Gasteiger partial charge in [-0.05, 0) is 0 Å². The van der Waals surface area contributed by atoms with Gasteiger partial charge in [0.25, 0.3) is 0 Å². The molecule has 0 saturated carbocycles. The van der Waals surface area contributed by atoms with E-state index in [2.05, 4.69) is 31.2 Å². The molecule has 3 aromatic rings. The fourth-order valence-electron chi connectivity index (χ4n) is 5.31. The van der Waals surface area contributed by atoms with Gasteiger partial charge in [-0.2, -0.15) is 0 Å². The SMILES string of the molecule is C[C@@H]1C[Se+](C[C@H]2OC(c3ccccc3)OCC2OS(=O)(=O)O)C[C@H](OCc2ccccc2)[C@H]1OCc1ccccc1. The van der Waals surface area contributed by atoms with Crippen molar-refractivity contribution in [1.82, 2.24) is 0 Å². The van der Waals surface area contributed by atoms with Crippen molar-refractivity contribution in [2.24, 2.45) is 5.92 Å². The quantitative estimate of drug-likeness (QED) is 0.212. The van der Waals surface area contributed by atoms with Crippen LogP contribution >= 0.6 is 0 Å². The van der Waals surface area contributed by atoms with Crippen LogP contribution in [0.2, 0.25) is 16.0 Å². The van der Waals surface area contributed by atoms with Gasteiger partial charge in [0, 0.05) is 0 Å². The molecule has 0 bridgehead atoms. The molecular formula is C31H37O8SSe+. The Bertz CT molecular complexity index is 1310. The zero-order chi connectivity index (χ0) is 28.7. The summed E-state index contributed by atoms with van der Waals surface area (Å²) in [5, 5.41) is 2.46. The molecule has 2 fully saturated rings. The summed E-state index contributed by atoms with van der Waals surface area (Å²) in [5.41, 5.74) is 3.06. The van der Waals surface area contributed by atoms with Crippen LogP contribution in [0.5, 0.6) is 0 Å². The Labute approximate surface area is 246 Å². The van der Waals surface area contributed by atoms with E-state index in [0.717, 1.165) is 27.3 Å². The molecule has 2 heterocycles. The molecule has 7 atom stereocenters. The van der Waals surface area contributed by atoms with Gasteiger partial charge in [-0.25, -0.2) is 0 Å². The van der Waals surface area contributed by atoms with Gasteiger partial charge in [0.15, 0.2) is 0 Å². The second kappa shape index (κ2) is 14.4. The molecule has 3 aromatic carbocycles. The summed E-state index contributed by atoms with van der Waals surface area (Å²) < 4.78 is 62.9. The Morgan fingerprint density at radius 2 is 1.41 bits per heavy atom. The number of hydrogen-bond acceptors (Lipinski definition) is 7. The molecule has 41 heavy (non-hydrogen) atoms. The molecule has 2 saturated heterocycles. The standard InChI is InChI=1S/C31H36O8SSe/c1-23-20-41(21-28-27(39-40(32,33)34)19-37-31(38-28)26-15-9-4-10-16-26)22-29(35-17-24-11-5-2-6-12-24)30(23)36-18-25-13-7-3-8-14-25/h2-16,23,27-31H,17-22H2,1H3/p+1/t23-,27?,28-,29+,30+,31?,41?/m1/s1. The predicted octanol–water partition coefficient (Wildman–Crippen LogP) is 5.60. The first-order valence-electron chi connectivity index (χ1n) is 13.8. The van der Waals surface area contributed by atoms with Crippen LogP contribution in [-0.4, -0.2) is 57.9 Å². The van der Waals surface area contributed by atoms with E-state index in [4.69, 9.17) is 23.1 Å². The van der Waals surface area contributed by atoms with Gasteiger partial charge in [-0.15, -0.1) is 0 Å². The third-order valence-electron chi connectivity index (χ3n) is 7.26. The van der Waals surface area contributed by atoms with E-state index in [1.165, 1.54) is 0 Å². The van der Waals surface area contributed by atoms with E-state index < -0.39 is 42.8 Å². The molecule has 2 aliphatic rings. The van der Waals surface area contributed by atoms with Crippen molar-refractivity contribution in [3.8, 4) is 0 Å². The molecule has 1 N–H and O–H groups in total. The van der Waals surface area contributed by atoms with E-state index in [1.807, 2.05) is 66.7 Å². The maximum absolute atomic E-state index is 11.6. The minimum atomic E-state index is -4.67. The summed E-state index contributed by atoms with van der Waals surface area (Å²) in [6, 6.07) is 29.8. The molecule has 5 rings (SSSR count). The van der Waals surface area contributed by atoms with Crippen molar-refractivity contribution in [3.63, 3.8) is 0 Å². The van der Waals surface area contributed by atoms with Gasteiger partial charge in [0.05, 0.1) is 0 Å².